The Bertz CT molecular complexity index is 712. The van der Waals surface area contributed by atoms with Gasteiger partial charge in [-0.3, -0.25) is 25.2 Å². The molecule has 0 aliphatic carbocycles. The number of piperidine rings is 1. The molecule has 1 unspecified atom stereocenters. The van der Waals surface area contributed by atoms with Gasteiger partial charge in [0.15, 0.2) is 0 Å². The summed E-state index contributed by atoms with van der Waals surface area (Å²) in [5.41, 5.74) is 5.15. The van der Waals surface area contributed by atoms with Crippen LogP contribution in [0.3, 0.4) is 0 Å². The molecule has 0 spiro atoms. The Balaban J connectivity index is 1.63. The molecule has 1 saturated heterocycles. The SMILES string of the molecule is O=C(NNC(=O)C1CCCCN1C(=O)c1cccs1)c1ccc[nH]1. The van der Waals surface area contributed by atoms with Gasteiger partial charge in [-0.2, -0.15) is 0 Å². The molecule has 24 heavy (non-hydrogen) atoms. The van der Waals surface area contributed by atoms with E-state index in [1.165, 1.54) is 11.3 Å². The minimum absolute atomic E-state index is 0.138. The Morgan fingerprint density at radius 2 is 2.04 bits per heavy atom. The number of aromatic amines is 1. The Morgan fingerprint density at radius 1 is 1.17 bits per heavy atom. The number of nitrogens with one attached hydrogen (secondary N) is 3. The van der Waals surface area contributed by atoms with E-state index >= 15 is 0 Å². The summed E-state index contributed by atoms with van der Waals surface area (Å²) in [6.45, 7) is 0.541. The lowest BCUT2D eigenvalue weighted by molar-refractivity contribution is -0.127. The molecule has 0 radical (unpaired) electrons. The standard InChI is InChI=1S/C16H18N4O3S/c21-14(11-5-3-8-17-11)18-19-15(22)12-6-1-2-9-20(12)16(23)13-7-4-10-24-13/h3-5,7-8,10,12,17H,1-2,6,9H2,(H,18,21)(H,19,22). The molecule has 3 amide bonds. The minimum Gasteiger partial charge on any atom is -0.357 e. The van der Waals surface area contributed by atoms with Gasteiger partial charge in [-0.05, 0) is 42.8 Å². The lowest BCUT2D eigenvalue weighted by atomic mass is 10.0. The van der Waals surface area contributed by atoms with Crippen LogP contribution in [0.25, 0.3) is 0 Å². The van der Waals surface area contributed by atoms with E-state index in [4.69, 9.17) is 0 Å². The Hall–Kier alpha value is -2.61. The van der Waals surface area contributed by atoms with E-state index in [0.29, 0.717) is 23.5 Å². The lowest BCUT2D eigenvalue weighted by Crippen LogP contribution is -2.55. The van der Waals surface area contributed by atoms with Gasteiger partial charge in [-0.1, -0.05) is 6.07 Å². The van der Waals surface area contributed by atoms with Crippen LogP contribution in [-0.4, -0.2) is 40.2 Å². The van der Waals surface area contributed by atoms with Crippen molar-refractivity contribution in [1.82, 2.24) is 20.7 Å². The van der Waals surface area contributed by atoms with Crippen molar-refractivity contribution in [2.75, 3.05) is 6.54 Å². The molecule has 0 saturated carbocycles. The van der Waals surface area contributed by atoms with Crippen molar-refractivity contribution >= 4 is 29.1 Å². The molecule has 126 valence electrons. The largest absolute Gasteiger partial charge is 0.357 e. The second-order valence-electron chi connectivity index (χ2n) is 5.51. The summed E-state index contributed by atoms with van der Waals surface area (Å²) in [6, 6.07) is 6.29. The number of rotatable bonds is 3. The molecule has 8 heteroatoms. The number of H-pyrrole nitrogens is 1. The number of amides is 3. The van der Waals surface area contributed by atoms with Crippen molar-refractivity contribution < 1.29 is 14.4 Å². The maximum Gasteiger partial charge on any atom is 0.286 e. The van der Waals surface area contributed by atoms with E-state index in [9.17, 15) is 14.4 Å². The van der Waals surface area contributed by atoms with Gasteiger partial charge in [0, 0.05) is 12.7 Å². The summed E-state index contributed by atoms with van der Waals surface area (Å²) < 4.78 is 0. The van der Waals surface area contributed by atoms with Crippen molar-refractivity contribution in [2.45, 2.75) is 25.3 Å². The van der Waals surface area contributed by atoms with E-state index < -0.39 is 11.9 Å². The molecular formula is C16H18N4O3S. The zero-order valence-corrected chi connectivity index (χ0v) is 13.8. The zero-order valence-electron chi connectivity index (χ0n) is 13.0. The Kier molecular flexibility index (Phi) is 4.95. The van der Waals surface area contributed by atoms with Gasteiger partial charge < -0.3 is 9.88 Å². The number of nitrogens with zero attached hydrogens (tertiary/aromatic N) is 1. The van der Waals surface area contributed by atoms with Crippen LogP contribution in [0.15, 0.2) is 35.8 Å². The first-order valence-electron chi connectivity index (χ1n) is 7.75. The van der Waals surface area contributed by atoms with Crippen LogP contribution in [0.5, 0.6) is 0 Å². The highest BCUT2D eigenvalue weighted by Crippen LogP contribution is 2.21. The second kappa shape index (κ2) is 7.31. The summed E-state index contributed by atoms with van der Waals surface area (Å²) in [4.78, 5) is 41.8. The molecule has 2 aromatic heterocycles. The summed E-state index contributed by atoms with van der Waals surface area (Å²) in [5.74, 6) is -0.944. The molecule has 3 N–H and O–H groups in total. The van der Waals surface area contributed by atoms with Crippen molar-refractivity contribution in [2.24, 2.45) is 0 Å². The maximum absolute atomic E-state index is 12.6. The van der Waals surface area contributed by atoms with Crippen LogP contribution in [0, 0.1) is 0 Å². The van der Waals surface area contributed by atoms with Gasteiger partial charge in [0.25, 0.3) is 17.7 Å². The number of carbonyl (C=O) groups is 3. The fourth-order valence-corrected chi connectivity index (χ4v) is 3.41. The van der Waals surface area contributed by atoms with Gasteiger partial charge >= 0.3 is 0 Å². The van der Waals surface area contributed by atoms with Crippen LogP contribution in [0.4, 0.5) is 0 Å². The molecule has 2 aromatic rings. The van der Waals surface area contributed by atoms with Gasteiger partial charge in [0.1, 0.15) is 11.7 Å². The minimum atomic E-state index is -0.572. The van der Waals surface area contributed by atoms with Crippen molar-refractivity contribution in [3.05, 3.63) is 46.4 Å². The van der Waals surface area contributed by atoms with E-state index in [1.807, 2.05) is 11.4 Å². The fourth-order valence-electron chi connectivity index (χ4n) is 2.73. The summed E-state index contributed by atoms with van der Waals surface area (Å²) >= 11 is 1.36. The average molecular weight is 346 g/mol. The number of likely N-dealkylation sites (tertiary alicyclic amines) is 1. The number of aromatic nitrogens is 1. The van der Waals surface area contributed by atoms with Crippen LogP contribution in [0.2, 0.25) is 0 Å². The molecule has 1 aliphatic rings. The molecule has 3 heterocycles. The number of hydrogen-bond donors (Lipinski definition) is 3. The van der Waals surface area contributed by atoms with Crippen LogP contribution in [-0.2, 0) is 4.79 Å². The van der Waals surface area contributed by atoms with E-state index in [-0.39, 0.29) is 11.8 Å². The summed E-state index contributed by atoms with van der Waals surface area (Å²) in [5, 5.41) is 1.84. The predicted molar refractivity (Wildman–Crippen MR) is 89.4 cm³/mol. The van der Waals surface area contributed by atoms with Crippen molar-refractivity contribution in [3.8, 4) is 0 Å². The number of hydrazine groups is 1. The molecule has 0 aromatic carbocycles. The summed E-state index contributed by atoms with van der Waals surface area (Å²) in [6.07, 6.45) is 3.95. The third-order valence-corrected chi connectivity index (χ3v) is 4.80. The topological polar surface area (TPSA) is 94.3 Å². The molecule has 0 bridgehead atoms. The lowest BCUT2D eigenvalue weighted by Gasteiger charge is -2.34. The Morgan fingerprint density at radius 3 is 2.75 bits per heavy atom. The molecule has 1 fully saturated rings. The van der Waals surface area contributed by atoms with E-state index in [1.54, 1.807) is 29.3 Å². The third kappa shape index (κ3) is 3.48. The highest BCUT2D eigenvalue weighted by atomic mass is 32.1. The monoisotopic (exact) mass is 346 g/mol. The molecule has 1 aliphatic heterocycles. The van der Waals surface area contributed by atoms with Gasteiger partial charge in [0.05, 0.1) is 4.88 Å². The van der Waals surface area contributed by atoms with Gasteiger partial charge in [-0.25, -0.2) is 0 Å². The highest BCUT2D eigenvalue weighted by Gasteiger charge is 2.33. The predicted octanol–water partition coefficient (Wildman–Crippen LogP) is 1.53. The molecular weight excluding hydrogens is 328 g/mol. The normalized spacial score (nSPS) is 17.3. The zero-order chi connectivity index (χ0) is 16.9. The highest BCUT2D eigenvalue weighted by molar-refractivity contribution is 7.12. The molecule has 7 nitrogen and oxygen atoms in total. The van der Waals surface area contributed by atoms with Crippen LogP contribution < -0.4 is 10.9 Å². The first-order valence-corrected chi connectivity index (χ1v) is 8.63. The van der Waals surface area contributed by atoms with Crippen molar-refractivity contribution in [1.29, 1.82) is 0 Å². The number of hydrogen-bond acceptors (Lipinski definition) is 4. The van der Waals surface area contributed by atoms with Gasteiger partial charge in [-0.15, -0.1) is 11.3 Å². The molecule has 3 rings (SSSR count). The average Bonchev–Trinajstić information content (AvgIpc) is 3.32. The van der Waals surface area contributed by atoms with Crippen LogP contribution in [0.1, 0.15) is 39.4 Å². The van der Waals surface area contributed by atoms with Crippen LogP contribution >= 0.6 is 11.3 Å². The fraction of sp³-hybridized carbons (Fsp3) is 0.312. The Labute approximate surface area is 143 Å². The summed E-state index contributed by atoms with van der Waals surface area (Å²) in [7, 11) is 0. The van der Waals surface area contributed by atoms with E-state index in [2.05, 4.69) is 15.8 Å². The van der Waals surface area contributed by atoms with E-state index in [0.717, 1.165) is 12.8 Å². The maximum atomic E-state index is 12.6. The molecule has 1 atom stereocenters. The van der Waals surface area contributed by atoms with Crippen molar-refractivity contribution in [3.63, 3.8) is 0 Å². The smallest absolute Gasteiger partial charge is 0.286 e. The third-order valence-electron chi connectivity index (χ3n) is 3.94. The van der Waals surface area contributed by atoms with Gasteiger partial charge in [0.2, 0.25) is 0 Å². The second-order valence-corrected chi connectivity index (χ2v) is 6.46. The first-order chi connectivity index (χ1) is 11.7. The first kappa shape index (κ1) is 16.3. The number of carbonyl (C=O) groups excluding carboxylic acids is 3. The number of thiophene rings is 1. The quantitative estimate of drug-likeness (QED) is 0.736.